The Kier molecular flexibility index (Phi) is 4.53. The summed E-state index contributed by atoms with van der Waals surface area (Å²) in [6, 6.07) is 6.09. The van der Waals surface area contributed by atoms with E-state index < -0.39 is 24.3 Å². The Morgan fingerprint density at radius 2 is 1.78 bits per heavy atom. The molecule has 0 amide bonds. The van der Waals surface area contributed by atoms with Gasteiger partial charge in [-0.2, -0.15) is 5.26 Å². The molecule has 98 valence electrons. The highest BCUT2D eigenvalue weighted by atomic mass is 19.4. The van der Waals surface area contributed by atoms with E-state index in [1.807, 2.05) is 0 Å². The van der Waals surface area contributed by atoms with Crippen molar-refractivity contribution in [2.45, 2.75) is 25.0 Å². The van der Waals surface area contributed by atoms with Crippen molar-refractivity contribution < 1.29 is 28.1 Å². The van der Waals surface area contributed by atoms with Gasteiger partial charge in [-0.1, -0.05) is 12.1 Å². The second-order valence-electron chi connectivity index (χ2n) is 3.49. The summed E-state index contributed by atoms with van der Waals surface area (Å²) in [4.78, 5) is 0. The van der Waals surface area contributed by atoms with Crippen molar-refractivity contribution in [3.05, 3.63) is 29.8 Å². The maximum absolute atomic E-state index is 11.9. The molecule has 2 atom stereocenters. The summed E-state index contributed by atoms with van der Waals surface area (Å²) in [5, 5.41) is 27.3. The third-order valence-electron chi connectivity index (χ3n) is 2.12. The molecule has 0 fully saturated rings. The normalized spacial score (nSPS) is 14.7. The Bertz CT molecular complexity index is 425. The van der Waals surface area contributed by atoms with Crippen molar-refractivity contribution in [2.24, 2.45) is 0 Å². The van der Waals surface area contributed by atoms with Crippen molar-refractivity contribution in [1.82, 2.24) is 0 Å². The predicted molar refractivity (Wildman–Crippen MR) is 54.3 cm³/mol. The maximum Gasteiger partial charge on any atom is 0.573 e. The van der Waals surface area contributed by atoms with Crippen LogP contribution in [0.3, 0.4) is 0 Å². The fourth-order valence-electron chi connectivity index (χ4n) is 1.29. The van der Waals surface area contributed by atoms with Gasteiger partial charge >= 0.3 is 6.36 Å². The van der Waals surface area contributed by atoms with E-state index >= 15 is 0 Å². The summed E-state index contributed by atoms with van der Waals surface area (Å²) < 4.78 is 39.3. The van der Waals surface area contributed by atoms with Crippen LogP contribution in [0.25, 0.3) is 0 Å². The van der Waals surface area contributed by atoms with Crippen molar-refractivity contribution in [3.8, 4) is 11.8 Å². The van der Waals surface area contributed by atoms with E-state index in [-0.39, 0.29) is 12.0 Å². The molecule has 4 nitrogen and oxygen atoms in total. The average Bonchev–Trinajstić information content (AvgIpc) is 2.27. The topological polar surface area (TPSA) is 73.5 Å². The fraction of sp³-hybridized carbons (Fsp3) is 0.364. The zero-order chi connectivity index (χ0) is 13.8. The standard InChI is InChI=1S/C11H10F3NO3/c12-11(13,14)18-8-3-1-7(2-4-8)10(17)9(16)5-6-15/h1-4,9-10,16-17H,5H2. The second kappa shape index (κ2) is 5.71. The van der Waals surface area contributed by atoms with Gasteiger partial charge in [0.2, 0.25) is 0 Å². The SMILES string of the molecule is N#CCC(O)C(O)c1ccc(OC(F)(F)F)cc1. The molecule has 0 aliphatic heterocycles. The summed E-state index contributed by atoms with van der Waals surface area (Å²) in [6.07, 6.45) is -7.67. The summed E-state index contributed by atoms with van der Waals surface area (Å²) in [5.41, 5.74) is 0.201. The number of hydrogen-bond donors (Lipinski definition) is 2. The molecule has 0 bridgehead atoms. The van der Waals surface area contributed by atoms with E-state index in [1.54, 1.807) is 6.07 Å². The molecule has 2 N–H and O–H groups in total. The number of hydrogen-bond acceptors (Lipinski definition) is 4. The third kappa shape index (κ3) is 4.24. The van der Waals surface area contributed by atoms with Crippen LogP contribution >= 0.6 is 0 Å². The largest absolute Gasteiger partial charge is 0.573 e. The summed E-state index contributed by atoms with van der Waals surface area (Å²) >= 11 is 0. The number of aliphatic hydroxyl groups excluding tert-OH is 2. The zero-order valence-corrected chi connectivity index (χ0v) is 9.05. The number of benzene rings is 1. The molecule has 1 rings (SSSR count). The van der Waals surface area contributed by atoms with Gasteiger partial charge in [-0.25, -0.2) is 0 Å². The molecule has 0 aliphatic carbocycles. The van der Waals surface area contributed by atoms with Crippen LogP contribution in [0.5, 0.6) is 5.75 Å². The number of nitrogens with zero attached hydrogens (tertiary/aromatic N) is 1. The number of ether oxygens (including phenoxy) is 1. The Labute approximate surface area is 101 Å². The molecule has 0 aromatic heterocycles. The number of alkyl halides is 3. The van der Waals surface area contributed by atoms with Gasteiger partial charge in [-0.05, 0) is 17.7 Å². The minimum Gasteiger partial charge on any atom is -0.406 e. The van der Waals surface area contributed by atoms with Gasteiger partial charge in [0.05, 0.1) is 18.6 Å². The molecule has 2 unspecified atom stereocenters. The molecule has 1 aromatic rings. The number of nitriles is 1. The van der Waals surface area contributed by atoms with Crippen LogP contribution in [0.4, 0.5) is 13.2 Å². The minimum absolute atomic E-state index is 0.201. The van der Waals surface area contributed by atoms with Crippen molar-refractivity contribution in [2.75, 3.05) is 0 Å². The van der Waals surface area contributed by atoms with Crippen LogP contribution in [0.1, 0.15) is 18.1 Å². The van der Waals surface area contributed by atoms with Crippen molar-refractivity contribution in [3.63, 3.8) is 0 Å². The molecule has 0 spiro atoms. The minimum atomic E-state index is -4.78. The molecule has 7 heteroatoms. The Hall–Kier alpha value is -1.78. The van der Waals surface area contributed by atoms with E-state index in [4.69, 9.17) is 5.26 Å². The molecule has 0 saturated heterocycles. The number of aliphatic hydroxyl groups is 2. The molecular weight excluding hydrogens is 251 g/mol. The van der Waals surface area contributed by atoms with E-state index in [9.17, 15) is 23.4 Å². The molecule has 0 saturated carbocycles. The van der Waals surface area contributed by atoms with Gasteiger partial charge in [0.25, 0.3) is 0 Å². The van der Waals surface area contributed by atoms with Crippen LogP contribution in [-0.2, 0) is 0 Å². The Balaban J connectivity index is 2.74. The van der Waals surface area contributed by atoms with Crippen LogP contribution in [0.2, 0.25) is 0 Å². The van der Waals surface area contributed by atoms with Crippen LogP contribution in [0, 0.1) is 11.3 Å². The first kappa shape index (κ1) is 14.3. The molecule has 18 heavy (non-hydrogen) atoms. The van der Waals surface area contributed by atoms with Gasteiger partial charge in [0.15, 0.2) is 0 Å². The van der Waals surface area contributed by atoms with Gasteiger partial charge in [0, 0.05) is 0 Å². The average molecular weight is 261 g/mol. The van der Waals surface area contributed by atoms with E-state index in [2.05, 4.69) is 4.74 Å². The monoisotopic (exact) mass is 261 g/mol. The lowest BCUT2D eigenvalue weighted by atomic mass is 10.0. The quantitative estimate of drug-likeness (QED) is 0.868. The maximum atomic E-state index is 11.9. The summed E-state index contributed by atoms with van der Waals surface area (Å²) in [6.45, 7) is 0. The Morgan fingerprint density at radius 3 is 2.22 bits per heavy atom. The predicted octanol–water partition coefficient (Wildman–Crippen LogP) is 1.89. The van der Waals surface area contributed by atoms with Crippen molar-refractivity contribution in [1.29, 1.82) is 5.26 Å². The molecule has 0 heterocycles. The van der Waals surface area contributed by atoms with Crippen LogP contribution < -0.4 is 4.74 Å². The fourth-order valence-corrected chi connectivity index (χ4v) is 1.29. The van der Waals surface area contributed by atoms with Crippen LogP contribution in [-0.4, -0.2) is 22.7 Å². The highest BCUT2D eigenvalue weighted by molar-refractivity contribution is 5.29. The van der Waals surface area contributed by atoms with Crippen molar-refractivity contribution >= 4 is 0 Å². The highest BCUT2D eigenvalue weighted by Gasteiger charge is 2.31. The smallest absolute Gasteiger partial charge is 0.406 e. The Morgan fingerprint density at radius 1 is 1.22 bits per heavy atom. The lowest BCUT2D eigenvalue weighted by molar-refractivity contribution is -0.274. The number of halogens is 3. The van der Waals surface area contributed by atoms with Crippen LogP contribution in [0.15, 0.2) is 24.3 Å². The zero-order valence-electron chi connectivity index (χ0n) is 9.05. The molecule has 0 radical (unpaired) electrons. The highest BCUT2D eigenvalue weighted by Crippen LogP contribution is 2.25. The first-order chi connectivity index (χ1) is 8.33. The first-order valence-corrected chi connectivity index (χ1v) is 4.92. The lowest BCUT2D eigenvalue weighted by Crippen LogP contribution is -2.18. The van der Waals surface area contributed by atoms with Gasteiger partial charge in [-0.3, -0.25) is 0 Å². The van der Waals surface area contributed by atoms with E-state index in [0.717, 1.165) is 12.1 Å². The molecular formula is C11H10F3NO3. The van der Waals surface area contributed by atoms with E-state index in [1.165, 1.54) is 12.1 Å². The molecule has 1 aromatic carbocycles. The van der Waals surface area contributed by atoms with Gasteiger partial charge < -0.3 is 14.9 Å². The number of rotatable bonds is 4. The summed E-state index contributed by atoms with van der Waals surface area (Å²) in [7, 11) is 0. The third-order valence-corrected chi connectivity index (χ3v) is 2.12. The van der Waals surface area contributed by atoms with E-state index in [0.29, 0.717) is 0 Å². The summed E-state index contributed by atoms with van der Waals surface area (Å²) in [5.74, 6) is -0.423. The lowest BCUT2D eigenvalue weighted by Gasteiger charge is -2.16. The second-order valence-corrected chi connectivity index (χ2v) is 3.49. The van der Waals surface area contributed by atoms with Gasteiger partial charge in [0.1, 0.15) is 11.9 Å². The van der Waals surface area contributed by atoms with Gasteiger partial charge in [-0.15, -0.1) is 13.2 Å². The molecule has 0 aliphatic rings. The first-order valence-electron chi connectivity index (χ1n) is 4.92.